The van der Waals surface area contributed by atoms with Gasteiger partial charge in [-0.15, -0.1) is 6.58 Å². The van der Waals surface area contributed by atoms with Gasteiger partial charge in [0.15, 0.2) is 23.9 Å². The van der Waals surface area contributed by atoms with Crippen LogP contribution in [0.3, 0.4) is 0 Å². The van der Waals surface area contributed by atoms with Gasteiger partial charge in [-0.25, -0.2) is 4.98 Å². The van der Waals surface area contributed by atoms with Crippen molar-refractivity contribution in [3.63, 3.8) is 0 Å². The van der Waals surface area contributed by atoms with Crippen molar-refractivity contribution < 1.29 is 18.7 Å². The number of para-hydroxylation sites is 3. The molecule has 2 aromatic heterocycles. The number of fused-ring (bicyclic) bond motifs is 2. The maximum Gasteiger partial charge on any atom is 0.282 e. The molecule has 0 spiro atoms. The number of furan rings is 1. The van der Waals surface area contributed by atoms with Crippen LogP contribution < -0.4 is 20.3 Å². The third-order valence-electron chi connectivity index (χ3n) is 7.23. The second-order valence-corrected chi connectivity index (χ2v) is 10.3. The lowest BCUT2D eigenvalue weighted by Gasteiger charge is -2.16. The Morgan fingerprint density at radius 3 is 2.62 bits per heavy atom. The van der Waals surface area contributed by atoms with E-state index < -0.39 is 0 Å². The van der Waals surface area contributed by atoms with Crippen LogP contribution in [0.1, 0.15) is 16.7 Å². The third-order valence-corrected chi connectivity index (χ3v) is 7.23. The molecule has 0 aliphatic heterocycles. The average Bonchev–Trinajstić information content (AvgIpc) is 3.49. The molecule has 6 aromatic rings. The number of methoxy groups -OCH3 is 1. The molecule has 0 aliphatic rings. The van der Waals surface area contributed by atoms with Gasteiger partial charge in [0, 0.05) is 16.6 Å². The lowest BCUT2D eigenvalue weighted by molar-refractivity contribution is -0.118. The first-order chi connectivity index (χ1) is 21.9. The first-order valence-corrected chi connectivity index (χ1v) is 14.3. The number of nitrogens with zero attached hydrogens (tertiary/aromatic N) is 3. The molecule has 224 valence electrons. The largest absolute Gasteiger partial charge is 0.493 e. The van der Waals surface area contributed by atoms with Crippen molar-refractivity contribution in [2.45, 2.75) is 13.3 Å². The fourth-order valence-corrected chi connectivity index (χ4v) is 5.02. The summed E-state index contributed by atoms with van der Waals surface area (Å²) in [6, 6.07) is 27.6. The lowest BCUT2D eigenvalue weighted by atomic mass is 10.1. The molecule has 0 aliphatic carbocycles. The van der Waals surface area contributed by atoms with Crippen LogP contribution in [0.25, 0.3) is 33.5 Å². The van der Waals surface area contributed by atoms with Crippen molar-refractivity contribution in [3.8, 4) is 23.1 Å². The molecule has 6 rings (SSSR count). The van der Waals surface area contributed by atoms with E-state index in [1.165, 1.54) is 11.8 Å². The number of benzene rings is 4. The quantitative estimate of drug-likeness (QED) is 0.138. The van der Waals surface area contributed by atoms with Crippen molar-refractivity contribution in [1.82, 2.24) is 9.66 Å². The van der Waals surface area contributed by atoms with Crippen molar-refractivity contribution in [2.24, 2.45) is 5.10 Å². The number of anilines is 1. The zero-order chi connectivity index (χ0) is 31.3. The van der Waals surface area contributed by atoms with Crippen LogP contribution >= 0.6 is 0 Å². The highest BCUT2D eigenvalue weighted by Crippen LogP contribution is 2.34. The van der Waals surface area contributed by atoms with E-state index in [0.29, 0.717) is 45.7 Å². The average molecular weight is 599 g/mol. The summed E-state index contributed by atoms with van der Waals surface area (Å²) in [6.07, 6.45) is 3.72. The summed E-state index contributed by atoms with van der Waals surface area (Å²) in [6.45, 7) is 5.57. The fraction of sp³-hybridized carbons (Fsp3) is 0.111. The van der Waals surface area contributed by atoms with Crippen LogP contribution in [0.2, 0.25) is 0 Å². The van der Waals surface area contributed by atoms with Gasteiger partial charge in [-0.3, -0.25) is 9.59 Å². The molecule has 2 heterocycles. The summed E-state index contributed by atoms with van der Waals surface area (Å²) in [7, 11) is 1.52. The van der Waals surface area contributed by atoms with Crippen LogP contribution in [0.5, 0.6) is 11.5 Å². The fourth-order valence-electron chi connectivity index (χ4n) is 5.02. The van der Waals surface area contributed by atoms with Crippen molar-refractivity contribution >= 4 is 39.7 Å². The summed E-state index contributed by atoms with van der Waals surface area (Å²) in [5.74, 6) is 1.20. The predicted octanol–water partition coefficient (Wildman–Crippen LogP) is 6.75. The summed E-state index contributed by atoms with van der Waals surface area (Å²) in [5, 5.41) is 8.76. The summed E-state index contributed by atoms with van der Waals surface area (Å²) < 4.78 is 18.9. The monoisotopic (exact) mass is 598 g/mol. The SMILES string of the molecule is C=CCc1cc(C=Nn2c(-c3cc4ccccc4o3)nc3ccccc3c2=O)cc(OC)c1OCC(=O)Nc1ccccc1C. The van der Waals surface area contributed by atoms with E-state index in [-0.39, 0.29) is 23.9 Å². The van der Waals surface area contributed by atoms with Gasteiger partial charge in [0.2, 0.25) is 5.82 Å². The number of nitrogens with one attached hydrogen (secondary N) is 1. The molecule has 4 aromatic carbocycles. The number of aryl methyl sites for hydroxylation is 1. The molecule has 0 fully saturated rings. The number of rotatable bonds is 10. The number of amides is 1. The van der Waals surface area contributed by atoms with Gasteiger partial charge >= 0.3 is 0 Å². The van der Waals surface area contributed by atoms with E-state index in [4.69, 9.17) is 18.9 Å². The van der Waals surface area contributed by atoms with Crippen LogP contribution in [0, 0.1) is 6.92 Å². The Hall–Kier alpha value is -5.96. The lowest BCUT2D eigenvalue weighted by Crippen LogP contribution is -2.21. The minimum Gasteiger partial charge on any atom is -0.493 e. The highest BCUT2D eigenvalue weighted by atomic mass is 16.5. The Labute approximate surface area is 259 Å². The van der Waals surface area contributed by atoms with Crippen LogP contribution in [-0.2, 0) is 11.2 Å². The molecule has 1 N–H and O–H groups in total. The topological polar surface area (TPSA) is 108 Å². The molecular formula is C36H30N4O5. The normalized spacial score (nSPS) is 11.2. The maximum atomic E-state index is 13.7. The highest BCUT2D eigenvalue weighted by Gasteiger charge is 2.18. The van der Waals surface area contributed by atoms with Crippen LogP contribution in [0.4, 0.5) is 5.69 Å². The standard InChI is InChI=1S/C36H30N4O5/c1-4-11-26-18-24(19-31(43-3)34(26)44-22-33(41)38-28-15-8-5-12-23(28)2)21-37-40-35(32-20-25-13-6-10-17-30(25)45-32)39-29-16-9-7-14-27(29)36(40)42/h4-10,12-21H,1,11,22H2,2-3H3,(H,38,41). The summed E-state index contributed by atoms with van der Waals surface area (Å²) in [5.41, 5.74) is 3.90. The molecular weight excluding hydrogens is 568 g/mol. The van der Waals surface area contributed by atoms with Crippen molar-refractivity contribution in [3.05, 3.63) is 131 Å². The van der Waals surface area contributed by atoms with Gasteiger partial charge < -0.3 is 19.2 Å². The first kappa shape index (κ1) is 29.1. The highest BCUT2D eigenvalue weighted by molar-refractivity contribution is 5.92. The predicted molar refractivity (Wildman–Crippen MR) is 176 cm³/mol. The smallest absolute Gasteiger partial charge is 0.282 e. The Balaban J connectivity index is 1.35. The minimum absolute atomic E-state index is 0.221. The number of carbonyl (C=O) groups excluding carboxylic acids is 1. The Morgan fingerprint density at radius 1 is 1.04 bits per heavy atom. The maximum absolute atomic E-state index is 13.7. The van der Waals surface area contributed by atoms with E-state index in [1.807, 2.05) is 73.7 Å². The van der Waals surface area contributed by atoms with Gasteiger partial charge in [0.1, 0.15) is 5.58 Å². The van der Waals surface area contributed by atoms with E-state index in [0.717, 1.165) is 22.2 Å². The van der Waals surface area contributed by atoms with Crippen molar-refractivity contribution in [1.29, 1.82) is 0 Å². The second kappa shape index (κ2) is 12.7. The van der Waals surface area contributed by atoms with E-state index in [2.05, 4.69) is 17.0 Å². The van der Waals surface area contributed by atoms with E-state index >= 15 is 0 Å². The molecule has 45 heavy (non-hydrogen) atoms. The Morgan fingerprint density at radius 2 is 1.82 bits per heavy atom. The second-order valence-electron chi connectivity index (χ2n) is 10.3. The number of carbonyl (C=O) groups is 1. The van der Waals surface area contributed by atoms with Crippen LogP contribution in [0.15, 0.2) is 118 Å². The van der Waals surface area contributed by atoms with E-state index in [1.54, 1.807) is 36.6 Å². The molecule has 0 unspecified atom stereocenters. The molecule has 9 heteroatoms. The zero-order valence-corrected chi connectivity index (χ0v) is 24.8. The van der Waals surface area contributed by atoms with Gasteiger partial charge in [-0.1, -0.05) is 54.6 Å². The zero-order valence-electron chi connectivity index (χ0n) is 24.8. The number of allylic oxidation sites excluding steroid dienone is 1. The number of hydrogen-bond acceptors (Lipinski definition) is 7. The molecule has 0 saturated heterocycles. The molecule has 0 saturated carbocycles. The summed E-state index contributed by atoms with van der Waals surface area (Å²) in [4.78, 5) is 31.1. The first-order valence-electron chi connectivity index (χ1n) is 14.3. The molecule has 0 atom stereocenters. The minimum atomic E-state index is -0.342. The van der Waals surface area contributed by atoms with Crippen molar-refractivity contribution in [2.75, 3.05) is 19.0 Å². The van der Waals surface area contributed by atoms with Gasteiger partial charge in [-0.05, 0) is 66.9 Å². The number of hydrogen-bond donors (Lipinski definition) is 1. The van der Waals surface area contributed by atoms with Gasteiger partial charge in [0.05, 0.1) is 24.2 Å². The molecule has 1 amide bonds. The molecule has 9 nitrogen and oxygen atoms in total. The van der Waals surface area contributed by atoms with Gasteiger partial charge in [0.25, 0.3) is 11.5 Å². The van der Waals surface area contributed by atoms with E-state index in [9.17, 15) is 9.59 Å². The number of ether oxygens (including phenoxy) is 2. The van der Waals surface area contributed by atoms with Gasteiger partial charge in [-0.2, -0.15) is 9.78 Å². The molecule has 0 radical (unpaired) electrons. The molecule has 0 bridgehead atoms. The third kappa shape index (κ3) is 6.09. The van der Waals surface area contributed by atoms with Crippen LogP contribution in [-0.4, -0.2) is 35.5 Å². The Bertz CT molecular complexity index is 2110. The summed E-state index contributed by atoms with van der Waals surface area (Å²) >= 11 is 0. The Kier molecular flexibility index (Phi) is 8.24. The number of aromatic nitrogens is 2.